The molecule has 20 heavy (non-hydrogen) atoms. The van der Waals surface area contributed by atoms with Crippen LogP contribution in [0, 0.1) is 0 Å². The number of nitrogens with one attached hydrogen (secondary N) is 2. The average Bonchev–Trinajstić information content (AvgIpc) is 2.35. The monoisotopic (exact) mass is 344 g/mol. The van der Waals surface area contributed by atoms with Crippen LogP contribution in [-0.4, -0.2) is 34.2 Å². The van der Waals surface area contributed by atoms with Crippen LogP contribution >= 0.6 is 15.9 Å². The SMILES string of the molecule is O=C(O)C[C@H](NC(=O)NCc1cccc(Br)c1)C(=O)O. The summed E-state index contributed by atoms with van der Waals surface area (Å²) in [7, 11) is 0. The molecule has 4 N–H and O–H groups in total. The molecule has 0 saturated heterocycles. The summed E-state index contributed by atoms with van der Waals surface area (Å²) in [6.07, 6.45) is -0.681. The molecule has 0 bridgehead atoms. The molecule has 0 spiro atoms. The van der Waals surface area contributed by atoms with Crippen molar-refractivity contribution in [2.24, 2.45) is 0 Å². The number of benzene rings is 1. The molecule has 7 nitrogen and oxygen atoms in total. The third-order valence-corrected chi connectivity index (χ3v) is 2.82. The molecule has 0 unspecified atom stereocenters. The lowest BCUT2D eigenvalue weighted by atomic mass is 10.2. The summed E-state index contributed by atoms with van der Waals surface area (Å²) in [6.45, 7) is 0.199. The number of carboxylic acid groups (broad SMARTS) is 2. The molecular weight excluding hydrogens is 332 g/mol. The van der Waals surface area contributed by atoms with E-state index in [9.17, 15) is 14.4 Å². The van der Waals surface area contributed by atoms with Gasteiger partial charge in [-0.05, 0) is 17.7 Å². The van der Waals surface area contributed by atoms with Gasteiger partial charge in [-0.25, -0.2) is 9.59 Å². The molecule has 1 atom stereocenters. The normalized spacial score (nSPS) is 11.4. The summed E-state index contributed by atoms with van der Waals surface area (Å²) in [5.41, 5.74) is 0.819. The van der Waals surface area contributed by atoms with E-state index in [-0.39, 0.29) is 6.54 Å². The second-order valence-electron chi connectivity index (χ2n) is 3.95. The molecular formula is C12H13BrN2O5. The Morgan fingerprint density at radius 3 is 2.50 bits per heavy atom. The third kappa shape index (κ3) is 5.70. The summed E-state index contributed by atoms with van der Waals surface area (Å²) in [5.74, 6) is -2.70. The minimum absolute atomic E-state index is 0.199. The molecule has 0 aromatic heterocycles. The van der Waals surface area contributed by atoms with Crippen LogP contribution in [0.1, 0.15) is 12.0 Å². The number of hydrogen-bond donors (Lipinski definition) is 4. The second kappa shape index (κ2) is 7.49. The van der Waals surface area contributed by atoms with Gasteiger partial charge in [0, 0.05) is 11.0 Å². The smallest absolute Gasteiger partial charge is 0.326 e. The zero-order valence-corrected chi connectivity index (χ0v) is 11.9. The van der Waals surface area contributed by atoms with Crippen LogP contribution in [0.4, 0.5) is 4.79 Å². The number of halogens is 1. The lowest BCUT2D eigenvalue weighted by molar-refractivity contribution is -0.145. The van der Waals surface area contributed by atoms with Crippen LogP contribution in [0.5, 0.6) is 0 Å². The Kier molecular flexibility index (Phi) is 5.98. The molecule has 1 aromatic rings. The standard InChI is InChI=1S/C12H13BrN2O5/c13-8-3-1-2-7(4-8)6-14-12(20)15-9(11(18)19)5-10(16)17/h1-4,9H,5-6H2,(H,16,17)(H,18,19)(H2,14,15,20)/t9-/m0/s1. The van der Waals surface area contributed by atoms with E-state index in [2.05, 4.69) is 26.6 Å². The summed E-state index contributed by atoms with van der Waals surface area (Å²) in [6, 6.07) is 5.01. The maximum absolute atomic E-state index is 11.5. The second-order valence-corrected chi connectivity index (χ2v) is 4.86. The fourth-order valence-electron chi connectivity index (χ4n) is 1.41. The molecule has 0 aliphatic carbocycles. The van der Waals surface area contributed by atoms with Gasteiger partial charge in [0.05, 0.1) is 6.42 Å². The van der Waals surface area contributed by atoms with Gasteiger partial charge in [-0.3, -0.25) is 4.79 Å². The van der Waals surface area contributed by atoms with Crippen LogP contribution in [0.2, 0.25) is 0 Å². The van der Waals surface area contributed by atoms with Crippen molar-refractivity contribution in [2.75, 3.05) is 0 Å². The fraction of sp³-hybridized carbons (Fsp3) is 0.250. The first-order chi connectivity index (χ1) is 9.38. The van der Waals surface area contributed by atoms with Gasteiger partial charge in [0.15, 0.2) is 0 Å². The maximum atomic E-state index is 11.5. The number of carboxylic acids is 2. The summed E-state index contributed by atoms with van der Waals surface area (Å²) in [4.78, 5) is 32.8. The average molecular weight is 345 g/mol. The highest BCUT2D eigenvalue weighted by atomic mass is 79.9. The molecule has 0 aliphatic rings. The lowest BCUT2D eigenvalue weighted by Crippen LogP contribution is -2.46. The maximum Gasteiger partial charge on any atom is 0.326 e. The Hall–Kier alpha value is -2.09. The van der Waals surface area contributed by atoms with Crippen molar-refractivity contribution in [3.8, 4) is 0 Å². The van der Waals surface area contributed by atoms with Crippen LogP contribution in [0.15, 0.2) is 28.7 Å². The largest absolute Gasteiger partial charge is 0.481 e. The highest BCUT2D eigenvalue weighted by Crippen LogP contribution is 2.11. The molecule has 1 rings (SSSR count). The molecule has 0 aliphatic heterocycles. The van der Waals surface area contributed by atoms with Crippen molar-refractivity contribution in [1.82, 2.24) is 10.6 Å². The molecule has 0 heterocycles. The van der Waals surface area contributed by atoms with Gasteiger partial charge in [-0.15, -0.1) is 0 Å². The zero-order chi connectivity index (χ0) is 15.1. The molecule has 1 aromatic carbocycles. The van der Waals surface area contributed by atoms with Gasteiger partial charge in [0.1, 0.15) is 6.04 Å². The predicted octanol–water partition coefficient (Wildman–Crippen LogP) is 1.18. The highest BCUT2D eigenvalue weighted by Gasteiger charge is 2.22. The molecule has 0 saturated carbocycles. The number of aliphatic carboxylic acids is 2. The van der Waals surface area contributed by atoms with Crippen molar-refractivity contribution >= 4 is 33.9 Å². The number of urea groups is 1. The van der Waals surface area contributed by atoms with Crippen LogP contribution in [0.25, 0.3) is 0 Å². The van der Waals surface area contributed by atoms with Gasteiger partial charge in [0.25, 0.3) is 0 Å². The van der Waals surface area contributed by atoms with Gasteiger partial charge >= 0.3 is 18.0 Å². The van der Waals surface area contributed by atoms with Gasteiger partial charge < -0.3 is 20.8 Å². The number of hydrogen-bond acceptors (Lipinski definition) is 3. The Labute approximate surface area is 123 Å². The Morgan fingerprint density at radius 1 is 1.25 bits per heavy atom. The summed E-state index contributed by atoms with van der Waals surface area (Å²) < 4.78 is 0.853. The molecule has 0 radical (unpaired) electrons. The van der Waals surface area contributed by atoms with Gasteiger partial charge in [-0.2, -0.15) is 0 Å². The van der Waals surface area contributed by atoms with Crippen LogP contribution < -0.4 is 10.6 Å². The Bertz CT molecular complexity index is 520. The number of rotatable bonds is 6. The third-order valence-electron chi connectivity index (χ3n) is 2.32. The molecule has 2 amide bonds. The number of carbonyl (C=O) groups excluding carboxylic acids is 1. The lowest BCUT2D eigenvalue weighted by Gasteiger charge is -2.13. The first-order valence-electron chi connectivity index (χ1n) is 5.62. The Balaban J connectivity index is 2.49. The van der Waals surface area contributed by atoms with E-state index < -0.39 is 30.4 Å². The van der Waals surface area contributed by atoms with E-state index in [1.54, 1.807) is 18.2 Å². The van der Waals surface area contributed by atoms with Crippen molar-refractivity contribution < 1.29 is 24.6 Å². The van der Waals surface area contributed by atoms with Crippen molar-refractivity contribution in [3.05, 3.63) is 34.3 Å². The minimum atomic E-state index is -1.46. The van der Waals surface area contributed by atoms with E-state index in [4.69, 9.17) is 10.2 Å². The number of amides is 2. The van der Waals surface area contributed by atoms with Gasteiger partial charge in [-0.1, -0.05) is 28.1 Å². The first-order valence-corrected chi connectivity index (χ1v) is 6.41. The fourth-order valence-corrected chi connectivity index (χ4v) is 1.86. The van der Waals surface area contributed by atoms with Crippen LogP contribution in [-0.2, 0) is 16.1 Å². The van der Waals surface area contributed by atoms with Crippen molar-refractivity contribution in [2.45, 2.75) is 19.0 Å². The molecule has 0 fully saturated rings. The zero-order valence-electron chi connectivity index (χ0n) is 10.3. The molecule has 8 heteroatoms. The summed E-state index contributed by atoms with van der Waals surface area (Å²) >= 11 is 3.28. The van der Waals surface area contributed by atoms with Crippen molar-refractivity contribution in [1.29, 1.82) is 0 Å². The quantitative estimate of drug-likeness (QED) is 0.618. The van der Waals surface area contributed by atoms with E-state index in [1.165, 1.54) is 0 Å². The van der Waals surface area contributed by atoms with E-state index in [1.807, 2.05) is 6.07 Å². The highest BCUT2D eigenvalue weighted by molar-refractivity contribution is 9.10. The minimum Gasteiger partial charge on any atom is -0.481 e. The van der Waals surface area contributed by atoms with Crippen LogP contribution in [0.3, 0.4) is 0 Å². The topological polar surface area (TPSA) is 116 Å². The van der Waals surface area contributed by atoms with E-state index >= 15 is 0 Å². The van der Waals surface area contributed by atoms with Crippen molar-refractivity contribution in [3.63, 3.8) is 0 Å². The Morgan fingerprint density at radius 2 is 1.95 bits per heavy atom. The predicted molar refractivity (Wildman–Crippen MR) is 73.2 cm³/mol. The molecule has 108 valence electrons. The van der Waals surface area contributed by atoms with E-state index in [0.29, 0.717) is 0 Å². The van der Waals surface area contributed by atoms with E-state index in [0.717, 1.165) is 10.0 Å². The van der Waals surface area contributed by atoms with Gasteiger partial charge in [0.2, 0.25) is 0 Å². The number of carbonyl (C=O) groups is 3. The summed E-state index contributed by atoms with van der Waals surface area (Å²) in [5, 5.41) is 21.9. The first kappa shape index (κ1) is 16.0.